The molecule has 1 aliphatic rings. The predicted octanol–water partition coefficient (Wildman–Crippen LogP) is 5.01. The molecule has 186 valence electrons. The lowest BCUT2D eigenvalue weighted by atomic mass is 9.92. The summed E-state index contributed by atoms with van der Waals surface area (Å²) in [7, 11) is -4.22. The van der Waals surface area contributed by atoms with E-state index in [0.717, 1.165) is 64.5 Å². The number of halogens is 2. The minimum absolute atomic E-state index is 0.107. The van der Waals surface area contributed by atoms with Crippen LogP contribution in [0.5, 0.6) is 0 Å². The molecule has 0 saturated carbocycles. The van der Waals surface area contributed by atoms with Gasteiger partial charge in [0.25, 0.3) is 10.0 Å². The van der Waals surface area contributed by atoms with Gasteiger partial charge in [-0.3, -0.25) is 9.52 Å². The summed E-state index contributed by atoms with van der Waals surface area (Å²) in [5, 5.41) is 1.62. The van der Waals surface area contributed by atoms with Gasteiger partial charge < -0.3 is 9.64 Å². The third kappa shape index (κ3) is 5.24. The number of nitrogens with one attached hydrogen (secondary N) is 1. The van der Waals surface area contributed by atoms with E-state index in [1.54, 1.807) is 5.38 Å². The Morgan fingerprint density at radius 3 is 2.46 bits per heavy atom. The van der Waals surface area contributed by atoms with Crippen molar-refractivity contribution in [3.05, 3.63) is 74.5 Å². The first-order valence-corrected chi connectivity index (χ1v) is 13.5. The molecule has 0 amide bonds. The second-order valence-corrected chi connectivity index (χ2v) is 11.1. The predicted molar refractivity (Wildman–Crippen MR) is 133 cm³/mol. The van der Waals surface area contributed by atoms with E-state index in [0.29, 0.717) is 19.3 Å². The maximum atomic E-state index is 13.6. The second kappa shape index (κ2) is 10.0. The van der Waals surface area contributed by atoms with Crippen LogP contribution in [0.15, 0.2) is 40.6 Å². The molecule has 2 aromatic carbocycles. The lowest BCUT2D eigenvalue weighted by Gasteiger charge is -2.32. The van der Waals surface area contributed by atoms with E-state index in [1.807, 2.05) is 13.8 Å². The molecule has 35 heavy (non-hydrogen) atoms. The molecule has 0 atom stereocenters. The van der Waals surface area contributed by atoms with Crippen molar-refractivity contribution in [3.8, 4) is 0 Å². The second-order valence-electron chi connectivity index (χ2n) is 8.51. The number of ketones is 1. The highest BCUT2D eigenvalue weighted by Gasteiger charge is 2.24. The van der Waals surface area contributed by atoms with Gasteiger partial charge in [0.1, 0.15) is 0 Å². The molecular formula is C25H26F2N2O4S2. The van der Waals surface area contributed by atoms with E-state index in [2.05, 4.69) is 22.6 Å². The fourth-order valence-corrected chi connectivity index (χ4v) is 6.39. The van der Waals surface area contributed by atoms with E-state index in [9.17, 15) is 22.0 Å². The van der Waals surface area contributed by atoms with E-state index >= 15 is 0 Å². The zero-order valence-corrected chi connectivity index (χ0v) is 21.3. The highest BCUT2D eigenvalue weighted by molar-refractivity contribution is 7.92. The number of Topliss-reactive ketones (excluding diaryl/α,β-unsaturated/α-hetero) is 1. The van der Waals surface area contributed by atoms with Crippen molar-refractivity contribution in [1.82, 2.24) is 0 Å². The first-order chi connectivity index (χ1) is 16.6. The molecule has 1 aromatic heterocycles. The quantitative estimate of drug-likeness (QED) is 0.443. The van der Waals surface area contributed by atoms with Crippen molar-refractivity contribution in [2.75, 3.05) is 35.9 Å². The summed E-state index contributed by atoms with van der Waals surface area (Å²) in [5.74, 6) is -2.64. The third-order valence-electron chi connectivity index (χ3n) is 6.12. The maximum absolute atomic E-state index is 13.6. The molecule has 0 bridgehead atoms. The van der Waals surface area contributed by atoms with Gasteiger partial charge in [-0.25, -0.2) is 17.2 Å². The monoisotopic (exact) mass is 520 g/mol. The highest BCUT2D eigenvalue weighted by atomic mass is 32.2. The SMILES string of the molecule is Cc1cc(C)c(N2CCOCC2)c(C)c1CC(=O)c1sccc1NS(=O)(=O)c1ccc(F)c(F)c1. The Labute approximate surface area is 207 Å². The van der Waals surface area contributed by atoms with E-state index in [4.69, 9.17) is 4.74 Å². The molecule has 10 heteroatoms. The number of sulfonamides is 1. The number of carbonyl (C=O) groups is 1. The van der Waals surface area contributed by atoms with Crippen molar-refractivity contribution >= 4 is 38.5 Å². The van der Waals surface area contributed by atoms with Crippen LogP contribution in [0.25, 0.3) is 0 Å². The number of aryl methyl sites for hydroxylation is 2. The van der Waals surface area contributed by atoms with Crippen molar-refractivity contribution in [1.29, 1.82) is 0 Å². The summed E-state index contributed by atoms with van der Waals surface area (Å²) < 4.78 is 60.1. The summed E-state index contributed by atoms with van der Waals surface area (Å²) in [4.78, 5) is 15.4. The molecule has 0 radical (unpaired) electrons. The van der Waals surface area contributed by atoms with Crippen LogP contribution in [0.2, 0.25) is 0 Å². The average molecular weight is 521 g/mol. The average Bonchev–Trinajstić information content (AvgIpc) is 3.26. The van der Waals surface area contributed by atoms with Crippen LogP contribution in [0, 0.1) is 32.4 Å². The zero-order chi connectivity index (χ0) is 25.3. The number of nitrogens with zero attached hydrogens (tertiary/aromatic N) is 1. The summed E-state index contributed by atoms with van der Waals surface area (Å²) in [5.41, 5.74) is 5.27. The van der Waals surface area contributed by atoms with Gasteiger partial charge in [0.2, 0.25) is 0 Å². The number of hydrogen-bond donors (Lipinski definition) is 1. The topological polar surface area (TPSA) is 75.7 Å². The molecule has 0 spiro atoms. The van der Waals surface area contributed by atoms with E-state index in [-0.39, 0.29) is 22.8 Å². The van der Waals surface area contributed by atoms with Gasteiger partial charge in [-0.1, -0.05) is 6.07 Å². The number of benzene rings is 2. The number of carbonyl (C=O) groups excluding carboxylic acids is 1. The Morgan fingerprint density at radius 1 is 1.06 bits per heavy atom. The lowest BCUT2D eigenvalue weighted by molar-refractivity contribution is 0.0997. The van der Waals surface area contributed by atoms with Gasteiger partial charge in [-0.15, -0.1) is 11.3 Å². The Balaban J connectivity index is 1.61. The van der Waals surface area contributed by atoms with Crippen LogP contribution in [0.3, 0.4) is 0 Å². The number of anilines is 2. The number of thiophene rings is 1. The Morgan fingerprint density at radius 2 is 1.77 bits per heavy atom. The van der Waals surface area contributed by atoms with Gasteiger partial charge >= 0.3 is 0 Å². The van der Waals surface area contributed by atoms with Gasteiger partial charge in [-0.2, -0.15) is 0 Å². The van der Waals surface area contributed by atoms with Gasteiger partial charge in [0.15, 0.2) is 17.4 Å². The van der Waals surface area contributed by atoms with Gasteiger partial charge in [0.05, 0.1) is 28.7 Å². The highest BCUT2D eigenvalue weighted by Crippen LogP contribution is 2.33. The van der Waals surface area contributed by atoms with Crippen LogP contribution in [0.1, 0.15) is 31.9 Å². The van der Waals surface area contributed by atoms with Crippen molar-refractivity contribution in [2.45, 2.75) is 32.1 Å². The molecular weight excluding hydrogens is 494 g/mol. The van der Waals surface area contributed by atoms with Crippen molar-refractivity contribution < 1.29 is 26.7 Å². The van der Waals surface area contributed by atoms with Crippen molar-refractivity contribution in [3.63, 3.8) is 0 Å². The molecule has 1 N–H and O–H groups in total. The lowest BCUT2D eigenvalue weighted by Crippen LogP contribution is -2.37. The Kier molecular flexibility index (Phi) is 7.25. The van der Waals surface area contributed by atoms with Crippen molar-refractivity contribution in [2.24, 2.45) is 0 Å². The normalized spacial score (nSPS) is 14.3. The number of rotatable bonds is 7. The minimum Gasteiger partial charge on any atom is -0.378 e. The van der Waals surface area contributed by atoms with Crippen LogP contribution < -0.4 is 9.62 Å². The first kappa shape index (κ1) is 25.3. The molecule has 2 heterocycles. The molecule has 4 rings (SSSR count). The Hall–Kier alpha value is -2.82. The van der Waals surface area contributed by atoms with Crippen LogP contribution in [0.4, 0.5) is 20.2 Å². The summed E-state index contributed by atoms with van der Waals surface area (Å²) in [6, 6.07) is 5.89. The number of ether oxygens (including phenoxy) is 1. The van der Waals surface area contributed by atoms with Crippen LogP contribution in [-0.2, 0) is 21.2 Å². The minimum atomic E-state index is -4.22. The van der Waals surface area contributed by atoms with Gasteiger partial charge in [-0.05, 0) is 72.7 Å². The number of hydrogen-bond acceptors (Lipinski definition) is 6. The number of morpholine rings is 1. The summed E-state index contributed by atoms with van der Waals surface area (Å²) in [6.07, 6.45) is 0.107. The van der Waals surface area contributed by atoms with E-state index < -0.39 is 26.6 Å². The van der Waals surface area contributed by atoms with E-state index in [1.165, 1.54) is 6.07 Å². The Bertz CT molecular complexity index is 1380. The van der Waals surface area contributed by atoms with Crippen LogP contribution >= 0.6 is 11.3 Å². The summed E-state index contributed by atoms with van der Waals surface area (Å²) >= 11 is 1.13. The third-order valence-corrected chi connectivity index (χ3v) is 8.44. The van der Waals surface area contributed by atoms with Crippen LogP contribution in [-0.4, -0.2) is 40.5 Å². The molecule has 1 saturated heterocycles. The van der Waals surface area contributed by atoms with Gasteiger partial charge in [0, 0.05) is 25.2 Å². The molecule has 1 fully saturated rings. The smallest absolute Gasteiger partial charge is 0.262 e. The molecule has 0 unspecified atom stereocenters. The maximum Gasteiger partial charge on any atom is 0.262 e. The summed E-state index contributed by atoms with van der Waals surface area (Å²) in [6.45, 7) is 8.88. The fourth-order valence-electron chi connectivity index (χ4n) is 4.45. The zero-order valence-electron chi connectivity index (χ0n) is 19.7. The molecule has 1 aliphatic heterocycles. The molecule has 6 nitrogen and oxygen atoms in total. The molecule has 0 aliphatic carbocycles. The first-order valence-electron chi connectivity index (χ1n) is 11.1. The standard InChI is InChI=1S/C25H26F2N2O4S2/c1-15-12-16(2)24(29-7-9-33-10-8-29)17(3)19(15)14-23(30)25-22(6-11-34-25)28-35(31,32)18-4-5-20(26)21(27)13-18/h4-6,11-13,28H,7-10,14H2,1-3H3. The fraction of sp³-hybridized carbons (Fsp3) is 0.320. The molecule has 3 aromatic rings. The largest absolute Gasteiger partial charge is 0.378 e.